The quantitative estimate of drug-likeness (QED) is 0.853. The molecule has 2 rings (SSSR count). The molecule has 4 heteroatoms. The second kappa shape index (κ2) is 5.43. The minimum atomic E-state index is -1.01. The van der Waals surface area contributed by atoms with E-state index in [1.54, 1.807) is 0 Å². The molecule has 4 nitrogen and oxygen atoms in total. The second-order valence-electron chi connectivity index (χ2n) is 5.38. The number of amides is 1. The number of hydrogen-bond donors (Lipinski definition) is 2. The molecule has 1 aliphatic rings. The fraction of sp³-hybridized carbons (Fsp3) is 0.467. The van der Waals surface area contributed by atoms with Crippen LogP contribution in [0, 0.1) is 5.92 Å². The first-order valence-electron chi connectivity index (χ1n) is 6.58. The molecule has 19 heavy (non-hydrogen) atoms. The van der Waals surface area contributed by atoms with E-state index in [2.05, 4.69) is 43.4 Å². The van der Waals surface area contributed by atoms with Gasteiger partial charge in [0.05, 0.1) is 0 Å². The van der Waals surface area contributed by atoms with E-state index in [1.807, 2.05) is 0 Å². The van der Waals surface area contributed by atoms with Crippen molar-refractivity contribution in [2.45, 2.75) is 32.1 Å². The molecule has 0 spiro atoms. The van der Waals surface area contributed by atoms with Crippen LogP contribution in [0.2, 0.25) is 0 Å². The van der Waals surface area contributed by atoms with E-state index >= 15 is 0 Å². The fourth-order valence-electron chi connectivity index (χ4n) is 2.28. The Morgan fingerprint density at radius 3 is 2.47 bits per heavy atom. The van der Waals surface area contributed by atoms with Gasteiger partial charge in [-0.3, -0.25) is 9.59 Å². The van der Waals surface area contributed by atoms with Crippen LogP contribution < -0.4 is 5.32 Å². The summed E-state index contributed by atoms with van der Waals surface area (Å²) in [6, 6.07) is 8.35. The third kappa shape index (κ3) is 3.34. The van der Waals surface area contributed by atoms with Crippen molar-refractivity contribution in [1.29, 1.82) is 0 Å². The van der Waals surface area contributed by atoms with E-state index < -0.39 is 5.97 Å². The molecule has 2 atom stereocenters. The first-order valence-corrected chi connectivity index (χ1v) is 6.58. The largest absolute Gasteiger partial charge is 0.480 e. The SMILES string of the molecule is CC(C)c1ccc(C2CC2C(=O)NCC(=O)O)cc1. The molecule has 0 heterocycles. The maximum atomic E-state index is 11.7. The predicted octanol–water partition coefficient (Wildman–Crippen LogP) is 2.11. The molecule has 102 valence electrons. The Balaban J connectivity index is 1.91. The molecule has 0 bridgehead atoms. The average molecular weight is 261 g/mol. The zero-order valence-electron chi connectivity index (χ0n) is 11.2. The number of carbonyl (C=O) groups is 2. The van der Waals surface area contributed by atoms with Crippen molar-refractivity contribution in [2.24, 2.45) is 5.92 Å². The summed E-state index contributed by atoms with van der Waals surface area (Å²) in [6.07, 6.45) is 0.812. The Bertz CT molecular complexity index is 479. The van der Waals surface area contributed by atoms with Crippen molar-refractivity contribution in [3.8, 4) is 0 Å². The van der Waals surface area contributed by atoms with Crippen molar-refractivity contribution < 1.29 is 14.7 Å². The molecule has 0 saturated heterocycles. The Kier molecular flexibility index (Phi) is 3.88. The normalized spacial score (nSPS) is 21.2. The van der Waals surface area contributed by atoms with Gasteiger partial charge in [-0.1, -0.05) is 38.1 Å². The van der Waals surface area contributed by atoms with Gasteiger partial charge >= 0.3 is 5.97 Å². The van der Waals surface area contributed by atoms with E-state index in [9.17, 15) is 9.59 Å². The van der Waals surface area contributed by atoms with Gasteiger partial charge in [0.2, 0.25) is 5.91 Å². The van der Waals surface area contributed by atoms with Crippen LogP contribution in [0.15, 0.2) is 24.3 Å². The number of hydrogen-bond acceptors (Lipinski definition) is 2. The van der Waals surface area contributed by atoms with Gasteiger partial charge < -0.3 is 10.4 Å². The van der Waals surface area contributed by atoms with Crippen LogP contribution >= 0.6 is 0 Å². The van der Waals surface area contributed by atoms with Crippen LogP contribution in [0.1, 0.15) is 43.2 Å². The lowest BCUT2D eigenvalue weighted by Gasteiger charge is -2.06. The van der Waals surface area contributed by atoms with Gasteiger partial charge in [0.25, 0.3) is 0 Å². The molecule has 1 fully saturated rings. The number of benzene rings is 1. The van der Waals surface area contributed by atoms with Gasteiger partial charge in [0.1, 0.15) is 6.54 Å². The summed E-state index contributed by atoms with van der Waals surface area (Å²) in [7, 11) is 0. The molecule has 1 amide bonds. The molecule has 0 aliphatic heterocycles. The van der Waals surface area contributed by atoms with Crippen molar-refractivity contribution in [3.63, 3.8) is 0 Å². The third-order valence-electron chi connectivity index (χ3n) is 3.57. The molecular weight excluding hydrogens is 242 g/mol. The van der Waals surface area contributed by atoms with Crippen LogP contribution in [0.5, 0.6) is 0 Å². The van der Waals surface area contributed by atoms with Gasteiger partial charge in [0, 0.05) is 5.92 Å². The smallest absolute Gasteiger partial charge is 0.322 e. The zero-order chi connectivity index (χ0) is 14.0. The molecule has 1 aromatic rings. The lowest BCUT2D eigenvalue weighted by atomic mass is 10.00. The predicted molar refractivity (Wildman–Crippen MR) is 72.0 cm³/mol. The Hall–Kier alpha value is -1.84. The first kappa shape index (κ1) is 13.6. The van der Waals surface area contributed by atoms with E-state index in [4.69, 9.17) is 5.11 Å². The summed E-state index contributed by atoms with van der Waals surface area (Å²) in [5, 5.41) is 11.0. The summed E-state index contributed by atoms with van der Waals surface area (Å²) < 4.78 is 0. The van der Waals surface area contributed by atoms with Gasteiger partial charge in [-0.15, -0.1) is 0 Å². The molecule has 0 radical (unpaired) electrons. The van der Waals surface area contributed by atoms with Crippen LogP contribution in [0.4, 0.5) is 0 Å². The highest BCUT2D eigenvalue weighted by Gasteiger charge is 2.43. The van der Waals surface area contributed by atoms with Crippen molar-refractivity contribution in [1.82, 2.24) is 5.32 Å². The number of rotatable bonds is 5. The number of aliphatic carboxylic acids is 1. The molecule has 0 aromatic heterocycles. The summed E-state index contributed by atoms with van der Waals surface area (Å²) in [4.78, 5) is 22.1. The lowest BCUT2D eigenvalue weighted by Crippen LogP contribution is -2.30. The van der Waals surface area contributed by atoms with Gasteiger partial charge in [-0.25, -0.2) is 0 Å². The standard InChI is InChI=1S/C15H19NO3/c1-9(2)10-3-5-11(6-4-10)12-7-13(12)15(19)16-8-14(17)18/h3-6,9,12-13H,7-8H2,1-2H3,(H,16,19)(H,17,18). The monoisotopic (exact) mass is 261 g/mol. The number of nitrogens with one attached hydrogen (secondary N) is 1. The molecule has 2 N–H and O–H groups in total. The Morgan fingerprint density at radius 1 is 1.32 bits per heavy atom. The molecule has 1 saturated carbocycles. The number of carboxylic acid groups (broad SMARTS) is 1. The topological polar surface area (TPSA) is 66.4 Å². The van der Waals surface area contributed by atoms with E-state index in [0.717, 1.165) is 6.42 Å². The van der Waals surface area contributed by atoms with E-state index in [1.165, 1.54) is 11.1 Å². The van der Waals surface area contributed by atoms with Crippen molar-refractivity contribution >= 4 is 11.9 Å². The van der Waals surface area contributed by atoms with Crippen molar-refractivity contribution in [2.75, 3.05) is 6.54 Å². The van der Waals surface area contributed by atoms with E-state index in [-0.39, 0.29) is 24.3 Å². The van der Waals surface area contributed by atoms with Crippen molar-refractivity contribution in [3.05, 3.63) is 35.4 Å². The summed E-state index contributed by atoms with van der Waals surface area (Å²) >= 11 is 0. The first-order chi connectivity index (χ1) is 8.99. The second-order valence-corrected chi connectivity index (χ2v) is 5.38. The van der Waals surface area contributed by atoms with Crippen LogP contribution in [0.25, 0.3) is 0 Å². The number of carboxylic acids is 1. The number of carbonyl (C=O) groups excluding carboxylic acids is 1. The maximum absolute atomic E-state index is 11.7. The molecule has 2 unspecified atom stereocenters. The van der Waals surface area contributed by atoms with E-state index in [0.29, 0.717) is 5.92 Å². The average Bonchev–Trinajstić information content (AvgIpc) is 3.16. The van der Waals surface area contributed by atoms with Gasteiger partial charge in [-0.2, -0.15) is 0 Å². The Labute approximate surface area is 112 Å². The maximum Gasteiger partial charge on any atom is 0.322 e. The van der Waals surface area contributed by atoms with Gasteiger partial charge in [0.15, 0.2) is 0 Å². The van der Waals surface area contributed by atoms with Crippen LogP contribution in [-0.4, -0.2) is 23.5 Å². The minimum Gasteiger partial charge on any atom is -0.480 e. The molecular formula is C15H19NO3. The fourth-order valence-corrected chi connectivity index (χ4v) is 2.28. The zero-order valence-corrected chi connectivity index (χ0v) is 11.2. The highest BCUT2D eigenvalue weighted by atomic mass is 16.4. The highest BCUT2D eigenvalue weighted by molar-refractivity contribution is 5.85. The highest BCUT2D eigenvalue weighted by Crippen LogP contribution is 2.47. The third-order valence-corrected chi connectivity index (χ3v) is 3.57. The Morgan fingerprint density at radius 2 is 1.95 bits per heavy atom. The minimum absolute atomic E-state index is 0.0655. The van der Waals surface area contributed by atoms with Crippen LogP contribution in [-0.2, 0) is 9.59 Å². The molecule has 1 aliphatic carbocycles. The van der Waals surface area contributed by atoms with Crippen LogP contribution in [0.3, 0.4) is 0 Å². The summed E-state index contributed by atoms with van der Waals surface area (Å²) in [6.45, 7) is 4.00. The van der Waals surface area contributed by atoms with Gasteiger partial charge in [-0.05, 0) is 29.4 Å². The molecule has 1 aromatic carbocycles. The summed E-state index contributed by atoms with van der Waals surface area (Å²) in [5.74, 6) is -0.477. The lowest BCUT2D eigenvalue weighted by molar-refractivity contribution is -0.138. The summed E-state index contributed by atoms with van der Waals surface area (Å²) in [5.41, 5.74) is 2.45.